The first kappa shape index (κ1) is 10.2. The van der Waals surface area contributed by atoms with Crippen molar-refractivity contribution in [2.45, 2.75) is 40.0 Å². The van der Waals surface area contributed by atoms with E-state index < -0.39 is 0 Å². The van der Waals surface area contributed by atoms with Crippen LogP contribution >= 0.6 is 0 Å². The number of rotatable bonds is 4. The molecule has 0 aliphatic carbocycles. The van der Waals surface area contributed by atoms with Crippen molar-refractivity contribution in [2.24, 2.45) is 0 Å². The molecule has 0 aliphatic rings. The molecule has 0 bridgehead atoms. The average Bonchev–Trinajstić information content (AvgIpc) is 1.87. The highest BCUT2D eigenvalue weighted by Crippen LogP contribution is 2.10. The molecular formula is C9H15O2-. The zero-order valence-electron chi connectivity index (χ0n) is 7.44. The molecule has 0 heterocycles. The quantitative estimate of drug-likeness (QED) is 0.454. The molecule has 0 aromatic heterocycles. The van der Waals surface area contributed by atoms with E-state index in [-0.39, 0.29) is 11.5 Å². The molecule has 0 N–H and O–H groups in total. The van der Waals surface area contributed by atoms with Crippen molar-refractivity contribution in [3.05, 3.63) is 11.3 Å². The highest BCUT2D eigenvalue weighted by molar-refractivity contribution is 5.93. The number of allylic oxidation sites excluding steroid dienone is 2. The van der Waals surface area contributed by atoms with Crippen LogP contribution in [-0.4, -0.2) is 5.78 Å². The van der Waals surface area contributed by atoms with Crippen LogP contribution in [0.5, 0.6) is 0 Å². The Hall–Kier alpha value is -0.790. The molecule has 64 valence electrons. The largest absolute Gasteiger partial charge is 0.875 e. The van der Waals surface area contributed by atoms with Crippen molar-refractivity contribution < 1.29 is 9.90 Å². The maximum atomic E-state index is 10.8. The fourth-order valence-electron chi connectivity index (χ4n) is 0.954. The first-order valence-electron chi connectivity index (χ1n) is 3.97. The molecule has 0 aromatic rings. The van der Waals surface area contributed by atoms with Gasteiger partial charge >= 0.3 is 0 Å². The molecule has 0 amide bonds. The third-order valence-electron chi connectivity index (χ3n) is 1.63. The fourth-order valence-corrected chi connectivity index (χ4v) is 0.954. The van der Waals surface area contributed by atoms with Crippen molar-refractivity contribution in [3.63, 3.8) is 0 Å². The van der Waals surface area contributed by atoms with Gasteiger partial charge in [-0.3, -0.25) is 4.79 Å². The van der Waals surface area contributed by atoms with E-state index in [9.17, 15) is 9.90 Å². The minimum absolute atomic E-state index is 0.0778. The molecule has 0 rings (SSSR count). The van der Waals surface area contributed by atoms with Crippen LogP contribution in [0.4, 0.5) is 0 Å². The van der Waals surface area contributed by atoms with Crippen molar-refractivity contribution in [3.8, 4) is 0 Å². The van der Waals surface area contributed by atoms with Crippen LogP contribution in [0.2, 0.25) is 0 Å². The second-order valence-electron chi connectivity index (χ2n) is 2.69. The van der Waals surface area contributed by atoms with Crippen molar-refractivity contribution >= 4 is 5.78 Å². The molecule has 0 unspecified atom stereocenters. The Balaban J connectivity index is 4.14. The first-order valence-corrected chi connectivity index (χ1v) is 3.97. The van der Waals surface area contributed by atoms with E-state index >= 15 is 0 Å². The van der Waals surface area contributed by atoms with Gasteiger partial charge in [0.2, 0.25) is 0 Å². The summed E-state index contributed by atoms with van der Waals surface area (Å²) in [6, 6.07) is 0. The minimum atomic E-state index is -0.0778. The number of unbranched alkanes of at least 4 members (excludes halogenated alkanes) is 1. The molecule has 0 spiro atoms. The molecule has 0 saturated carbocycles. The SMILES string of the molecule is CCCCC(C(C)=O)=C(C)[O-]. The van der Waals surface area contributed by atoms with E-state index in [1.165, 1.54) is 13.8 Å². The normalized spacial score (nSPS) is 12.6. The zero-order chi connectivity index (χ0) is 8.85. The Labute approximate surface area is 67.9 Å². The van der Waals surface area contributed by atoms with Gasteiger partial charge in [0.1, 0.15) is 0 Å². The fraction of sp³-hybridized carbons (Fsp3) is 0.667. The van der Waals surface area contributed by atoms with Crippen LogP contribution in [0.15, 0.2) is 11.3 Å². The Kier molecular flexibility index (Phi) is 4.59. The number of carbonyl (C=O) groups excluding carboxylic acids is 1. The molecule has 0 fully saturated rings. The first-order chi connectivity index (χ1) is 5.09. The summed E-state index contributed by atoms with van der Waals surface area (Å²) in [4.78, 5) is 10.8. The molecule has 11 heavy (non-hydrogen) atoms. The Morgan fingerprint density at radius 2 is 1.91 bits per heavy atom. The van der Waals surface area contributed by atoms with E-state index in [4.69, 9.17) is 0 Å². The highest BCUT2D eigenvalue weighted by Gasteiger charge is 2.01. The van der Waals surface area contributed by atoms with Gasteiger partial charge in [0.05, 0.1) is 0 Å². The molecular weight excluding hydrogens is 140 g/mol. The summed E-state index contributed by atoms with van der Waals surface area (Å²) in [5, 5.41) is 10.8. The van der Waals surface area contributed by atoms with E-state index in [2.05, 4.69) is 0 Å². The number of hydrogen-bond acceptors (Lipinski definition) is 2. The highest BCUT2D eigenvalue weighted by atomic mass is 16.3. The van der Waals surface area contributed by atoms with Crippen LogP contribution in [-0.2, 0) is 4.79 Å². The molecule has 0 radical (unpaired) electrons. The summed E-state index contributed by atoms with van der Waals surface area (Å²) in [6.07, 6.45) is 2.58. The Bertz CT molecular complexity index is 164. The van der Waals surface area contributed by atoms with Gasteiger partial charge in [-0.1, -0.05) is 20.3 Å². The second kappa shape index (κ2) is 4.94. The summed E-state index contributed by atoms with van der Waals surface area (Å²) in [5.74, 6) is -0.156. The number of Topliss-reactive ketones (excluding diaryl/α,β-unsaturated/α-hetero) is 1. The van der Waals surface area contributed by atoms with Gasteiger partial charge < -0.3 is 5.11 Å². The van der Waals surface area contributed by atoms with Gasteiger partial charge in [-0.2, -0.15) is 0 Å². The third-order valence-corrected chi connectivity index (χ3v) is 1.63. The van der Waals surface area contributed by atoms with Crippen LogP contribution in [0, 0.1) is 0 Å². The van der Waals surface area contributed by atoms with Gasteiger partial charge in [0.15, 0.2) is 5.78 Å². The van der Waals surface area contributed by atoms with Crippen LogP contribution in [0.1, 0.15) is 40.0 Å². The lowest BCUT2D eigenvalue weighted by Crippen LogP contribution is -2.09. The molecule has 2 nitrogen and oxygen atoms in total. The van der Waals surface area contributed by atoms with Crippen LogP contribution < -0.4 is 5.11 Å². The monoisotopic (exact) mass is 155 g/mol. The number of carbonyl (C=O) groups is 1. The van der Waals surface area contributed by atoms with Gasteiger partial charge in [-0.15, -0.1) is 5.76 Å². The predicted octanol–water partition coefficient (Wildman–Crippen LogP) is 1.40. The lowest BCUT2D eigenvalue weighted by atomic mass is 10.0. The lowest BCUT2D eigenvalue weighted by molar-refractivity contribution is -0.303. The molecule has 0 saturated heterocycles. The minimum Gasteiger partial charge on any atom is -0.875 e. The maximum Gasteiger partial charge on any atom is 0.154 e. The Morgan fingerprint density at radius 1 is 1.36 bits per heavy atom. The summed E-state index contributed by atoms with van der Waals surface area (Å²) in [5.41, 5.74) is 0.465. The summed E-state index contributed by atoms with van der Waals surface area (Å²) in [6.45, 7) is 4.94. The average molecular weight is 155 g/mol. The van der Waals surface area contributed by atoms with Crippen LogP contribution in [0.3, 0.4) is 0 Å². The summed E-state index contributed by atoms with van der Waals surface area (Å²) < 4.78 is 0. The van der Waals surface area contributed by atoms with Crippen LogP contribution in [0.25, 0.3) is 0 Å². The Morgan fingerprint density at radius 3 is 2.18 bits per heavy atom. The second-order valence-corrected chi connectivity index (χ2v) is 2.69. The molecule has 2 heteroatoms. The molecule has 0 aromatic carbocycles. The summed E-state index contributed by atoms with van der Waals surface area (Å²) in [7, 11) is 0. The zero-order valence-corrected chi connectivity index (χ0v) is 7.44. The van der Waals surface area contributed by atoms with E-state index in [1.54, 1.807) is 0 Å². The number of hydrogen-bond donors (Lipinski definition) is 0. The van der Waals surface area contributed by atoms with Crippen molar-refractivity contribution in [1.82, 2.24) is 0 Å². The number of ketones is 1. The smallest absolute Gasteiger partial charge is 0.154 e. The van der Waals surface area contributed by atoms with E-state index in [0.717, 1.165) is 12.8 Å². The summed E-state index contributed by atoms with van der Waals surface area (Å²) >= 11 is 0. The lowest BCUT2D eigenvalue weighted by Gasteiger charge is -2.11. The van der Waals surface area contributed by atoms with Crippen molar-refractivity contribution in [1.29, 1.82) is 0 Å². The van der Waals surface area contributed by atoms with Gasteiger partial charge in [-0.05, 0) is 25.3 Å². The van der Waals surface area contributed by atoms with Gasteiger partial charge in [0.25, 0.3) is 0 Å². The van der Waals surface area contributed by atoms with Crippen molar-refractivity contribution in [2.75, 3.05) is 0 Å². The van der Waals surface area contributed by atoms with E-state index in [1.807, 2.05) is 6.92 Å². The molecule has 0 aliphatic heterocycles. The van der Waals surface area contributed by atoms with E-state index in [0.29, 0.717) is 12.0 Å². The van der Waals surface area contributed by atoms with Gasteiger partial charge in [0, 0.05) is 0 Å². The molecule has 0 atom stereocenters. The maximum absolute atomic E-state index is 10.8. The third kappa shape index (κ3) is 3.81. The van der Waals surface area contributed by atoms with Gasteiger partial charge in [-0.25, -0.2) is 0 Å². The standard InChI is InChI=1S/C9H16O2/c1-4-5-6-9(7(2)10)8(3)11/h10H,4-6H2,1-3H3/p-1. The predicted molar refractivity (Wildman–Crippen MR) is 42.9 cm³/mol. The topological polar surface area (TPSA) is 40.1 Å².